The van der Waals surface area contributed by atoms with Crippen molar-refractivity contribution in [2.75, 3.05) is 18.0 Å². The van der Waals surface area contributed by atoms with E-state index in [1.54, 1.807) is 0 Å². The van der Waals surface area contributed by atoms with Crippen LogP contribution in [-0.4, -0.2) is 33.5 Å². The van der Waals surface area contributed by atoms with Gasteiger partial charge in [0.2, 0.25) is 0 Å². The van der Waals surface area contributed by atoms with Crippen LogP contribution in [0.15, 0.2) is 67.1 Å². The maximum absolute atomic E-state index is 7.53. The van der Waals surface area contributed by atoms with Gasteiger partial charge in [0.15, 0.2) is 5.65 Å². The molecule has 0 aliphatic carbocycles. The van der Waals surface area contributed by atoms with Crippen LogP contribution in [-0.2, 0) is 0 Å². The Bertz CT molecular complexity index is 1180. The van der Waals surface area contributed by atoms with Crippen molar-refractivity contribution in [2.24, 2.45) is 5.73 Å². The molecule has 5 rings (SSSR count). The first-order chi connectivity index (χ1) is 14.7. The number of nitrogens with zero attached hydrogens (tertiary/aromatic N) is 4. The summed E-state index contributed by atoms with van der Waals surface area (Å²) in [6.45, 7) is 2.30. The Balaban J connectivity index is 1.42. The van der Waals surface area contributed by atoms with Gasteiger partial charge in [0, 0.05) is 47.9 Å². The highest BCUT2D eigenvalue weighted by Gasteiger charge is 2.12. The van der Waals surface area contributed by atoms with E-state index in [1.165, 1.54) is 24.9 Å². The lowest BCUT2D eigenvalue weighted by molar-refractivity contribution is 0.578. The first kappa shape index (κ1) is 18.4. The van der Waals surface area contributed by atoms with Crippen molar-refractivity contribution in [1.82, 2.24) is 14.6 Å². The van der Waals surface area contributed by atoms with Crippen molar-refractivity contribution in [2.45, 2.75) is 19.3 Å². The molecular formula is C24H24N6. The lowest BCUT2D eigenvalue weighted by Crippen LogP contribution is -2.29. The maximum Gasteiger partial charge on any atom is 0.162 e. The number of amidine groups is 1. The van der Waals surface area contributed by atoms with Crippen LogP contribution in [0.3, 0.4) is 0 Å². The normalized spacial score (nSPS) is 14.2. The smallest absolute Gasteiger partial charge is 0.162 e. The predicted octanol–water partition coefficient (Wildman–Crippen LogP) is 4.34. The summed E-state index contributed by atoms with van der Waals surface area (Å²) in [4.78, 5) is 7.15. The number of aromatic nitrogens is 3. The van der Waals surface area contributed by atoms with Crippen LogP contribution in [0.5, 0.6) is 0 Å². The van der Waals surface area contributed by atoms with Crippen molar-refractivity contribution >= 4 is 17.2 Å². The first-order valence-corrected chi connectivity index (χ1v) is 10.3. The molecule has 0 unspecified atom stereocenters. The molecule has 1 fully saturated rings. The van der Waals surface area contributed by atoms with Gasteiger partial charge >= 0.3 is 0 Å². The molecule has 2 aromatic heterocycles. The van der Waals surface area contributed by atoms with Crippen LogP contribution >= 0.6 is 0 Å². The third kappa shape index (κ3) is 3.41. The largest absolute Gasteiger partial charge is 0.384 e. The zero-order valence-corrected chi connectivity index (χ0v) is 16.8. The van der Waals surface area contributed by atoms with Gasteiger partial charge < -0.3 is 10.6 Å². The van der Waals surface area contributed by atoms with Gasteiger partial charge in [-0.05, 0) is 42.5 Å². The third-order valence-corrected chi connectivity index (χ3v) is 5.79. The van der Waals surface area contributed by atoms with Crippen molar-refractivity contribution in [3.63, 3.8) is 0 Å². The number of hydrogen-bond acceptors (Lipinski definition) is 4. The standard InChI is InChI=1S/C24H24N6/c25-23(26)19-6-4-18(5-7-19)22-15-28-30-16-20(14-27-24(22)30)17-8-10-21(11-9-17)29-12-2-1-3-13-29/h4-11,14-16H,1-3,12-13H2,(H3,25,26). The minimum Gasteiger partial charge on any atom is -0.384 e. The van der Waals surface area contributed by atoms with Gasteiger partial charge in [-0.25, -0.2) is 9.50 Å². The molecule has 0 radical (unpaired) electrons. The Morgan fingerprint density at radius 3 is 2.23 bits per heavy atom. The zero-order valence-electron chi connectivity index (χ0n) is 16.8. The average molecular weight is 396 g/mol. The Kier molecular flexibility index (Phi) is 4.67. The molecule has 2 aromatic carbocycles. The molecule has 0 amide bonds. The minimum absolute atomic E-state index is 0.0653. The molecule has 6 heteroatoms. The Morgan fingerprint density at radius 2 is 1.53 bits per heavy atom. The minimum atomic E-state index is 0.0653. The van der Waals surface area contributed by atoms with E-state index in [2.05, 4.69) is 39.2 Å². The van der Waals surface area contributed by atoms with Crippen molar-refractivity contribution < 1.29 is 0 Å². The van der Waals surface area contributed by atoms with E-state index in [1.807, 2.05) is 47.4 Å². The first-order valence-electron chi connectivity index (χ1n) is 10.3. The van der Waals surface area contributed by atoms with Gasteiger partial charge in [0.1, 0.15) is 5.84 Å². The highest BCUT2D eigenvalue weighted by molar-refractivity contribution is 5.95. The van der Waals surface area contributed by atoms with E-state index in [0.29, 0.717) is 5.56 Å². The zero-order chi connectivity index (χ0) is 20.5. The second kappa shape index (κ2) is 7.63. The molecule has 0 saturated carbocycles. The monoisotopic (exact) mass is 396 g/mol. The number of nitrogens with one attached hydrogen (secondary N) is 1. The van der Waals surface area contributed by atoms with Gasteiger partial charge in [-0.15, -0.1) is 0 Å². The molecule has 1 aliphatic rings. The topological polar surface area (TPSA) is 83.3 Å². The summed E-state index contributed by atoms with van der Waals surface area (Å²) in [5.74, 6) is 0.0653. The molecule has 4 aromatic rings. The second-order valence-corrected chi connectivity index (χ2v) is 7.75. The number of benzene rings is 2. The number of anilines is 1. The van der Waals surface area contributed by atoms with Crippen molar-refractivity contribution in [3.8, 4) is 22.3 Å². The van der Waals surface area contributed by atoms with E-state index < -0.39 is 0 Å². The van der Waals surface area contributed by atoms with E-state index in [-0.39, 0.29) is 5.84 Å². The van der Waals surface area contributed by atoms with Gasteiger partial charge in [-0.2, -0.15) is 5.10 Å². The molecule has 3 N–H and O–H groups in total. The molecule has 0 spiro atoms. The molecule has 150 valence electrons. The van der Waals surface area contributed by atoms with E-state index in [0.717, 1.165) is 41.0 Å². The fourth-order valence-corrected chi connectivity index (χ4v) is 4.07. The van der Waals surface area contributed by atoms with Crippen LogP contribution in [0.25, 0.3) is 27.9 Å². The summed E-state index contributed by atoms with van der Waals surface area (Å²) < 4.78 is 1.82. The van der Waals surface area contributed by atoms with Gasteiger partial charge in [0.05, 0.1) is 6.20 Å². The van der Waals surface area contributed by atoms with Crippen LogP contribution in [0, 0.1) is 5.41 Å². The lowest BCUT2D eigenvalue weighted by atomic mass is 10.1. The number of hydrogen-bond donors (Lipinski definition) is 2. The number of fused-ring (bicyclic) bond motifs is 1. The maximum atomic E-state index is 7.53. The molecule has 1 aliphatic heterocycles. The summed E-state index contributed by atoms with van der Waals surface area (Å²) in [5, 5.41) is 12.0. The summed E-state index contributed by atoms with van der Waals surface area (Å²) in [5.41, 5.74) is 12.5. The van der Waals surface area contributed by atoms with Gasteiger partial charge in [-0.1, -0.05) is 36.4 Å². The Morgan fingerprint density at radius 1 is 0.833 bits per heavy atom. The Hall–Kier alpha value is -3.67. The number of piperidine rings is 1. The van der Waals surface area contributed by atoms with Crippen molar-refractivity contribution in [3.05, 3.63) is 72.7 Å². The highest BCUT2D eigenvalue weighted by Crippen LogP contribution is 2.27. The summed E-state index contributed by atoms with van der Waals surface area (Å²) in [6.07, 6.45) is 9.65. The van der Waals surface area contributed by atoms with E-state index in [4.69, 9.17) is 11.1 Å². The van der Waals surface area contributed by atoms with Gasteiger partial charge in [0.25, 0.3) is 0 Å². The molecule has 6 nitrogen and oxygen atoms in total. The fourth-order valence-electron chi connectivity index (χ4n) is 4.07. The third-order valence-electron chi connectivity index (χ3n) is 5.79. The molecule has 0 atom stereocenters. The average Bonchev–Trinajstić information content (AvgIpc) is 3.23. The Labute approximate surface area is 175 Å². The fraction of sp³-hybridized carbons (Fsp3) is 0.208. The van der Waals surface area contributed by atoms with Crippen LogP contribution in [0.1, 0.15) is 24.8 Å². The summed E-state index contributed by atoms with van der Waals surface area (Å²) in [7, 11) is 0. The molecular weight excluding hydrogens is 372 g/mol. The number of rotatable bonds is 4. The number of nitrogen functional groups attached to an aromatic ring is 1. The molecule has 1 saturated heterocycles. The van der Waals surface area contributed by atoms with Crippen LogP contribution in [0.4, 0.5) is 5.69 Å². The molecule has 0 bridgehead atoms. The molecule has 30 heavy (non-hydrogen) atoms. The quantitative estimate of drug-likeness (QED) is 0.397. The van der Waals surface area contributed by atoms with Crippen LogP contribution < -0.4 is 10.6 Å². The molecule has 3 heterocycles. The van der Waals surface area contributed by atoms with Crippen molar-refractivity contribution in [1.29, 1.82) is 5.41 Å². The van der Waals surface area contributed by atoms with E-state index in [9.17, 15) is 0 Å². The lowest BCUT2D eigenvalue weighted by Gasteiger charge is -2.28. The summed E-state index contributed by atoms with van der Waals surface area (Å²) >= 11 is 0. The SMILES string of the molecule is N=C(N)c1ccc(-c2cnn3cc(-c4ccc(N5CCCCC5)cc4)cnc23)cc1. The predicted molar refractivity (Wildman–Crippen MR) is 121 cm³/mol. The van der Waals surface area contributed by atoms with Crippen LogP contribution in [0.2, 0.25) is 0 Å². The highest BCUT2D eigenvalue weighted by atomic mass is 15.2. The number of nitrogens with two attached hydrogens (primary N) is 1. The summed E-state index contributed by atoms with van der Waals surface area (Å²) in [6, 6.07) is 16.3. The van der Waals surface area contributed by atoms with Gasteiger partial charge in [-0.3, -0.25) is 5.41 Å². The van der Waals surface area contributed by atoms with E-state index >= 15 is 0 Å². The second-order valence-electron chi connectivity index (χ2n) is 7.75.